The van der Waals surface area contributed by atoms with Gasteiger partial charge < -0.3 is 14.6 Å². The molecule has 0 saturated heterocycles. The zero-order valence-corrected chi connectivity index (χ0v) is 38.4. The van der Waals surface area contributed by atoms with Crippen LogP contribution in [0.4, 0.5) is 0 Å². The number of carbonyl (C=O) groups excluding carboxylic acids is 2. The van der Waals surface area contributed by atoms with Gasteiger partial charge in [0, 0.05) is 12.8 Å². The van der Waals surface area contributed by atoms with Crippen LogP contribution in [0, 0.1) is 0 Å². The van der Waals surface area contributed by atoms with Gasteiger partial charge in [-0.05, 0) is 44.9 Å². The standard InChI is InChI=1S/C52H98O5/c1-3-5-7-9-11-13-15-17-19-21-23-24-25-26-27-28-29-31-33-35-37-39-41-43-45-47-52(55)57-50(48-53)49-56-51(54)46-44-42-40-38-36-34-32-30-22-20-18-16-14-12-10-8-6-4-2/h15,17,21,23,50,53H,3-14,16,18-20,22,24-49H2,1-2H3/b17-15-,23-21-. The SMILES string of the molecule is CCCCCCC/C=C\C/C=C\CCCCCCCCCCCCCCCC(=O)OC(CO)COC(=O)CCCCCCCCCCCCCCCCCCCC. The molecule has 336 valence electrons. The van der Waals surface area contributed by atoms with Crippen molar-refractivity contribution in [3.63, 3.8) is 0 Å². The molecule has 1 atom stereocenters. The lowest BCUT2D eigenvalue weighted by Gasteiger charge is -2.15. The summed E-state index contributed by atoms with van der Waals surface area (Å²) in [5.74, 6) is -0.575. The molecule has 57 heavy (non-hydrogen) atoms. The van der Waals surface area contributed by atoms with Crippen LogP contribution in [0.15, 0.2) is 24.3 Å². The zero-order chi connectivity index (χ0) is 41.4. The first-order chi connectivity index (χ1) is 28.1. The van der Waals surface area contributed by atoms with E-state index in [1.54, 1.807) is 0 Å². The third kappa shape index (κ3) is 46.9. The molecule has 0 amide bonds. The highest BCUT2D eigenvalue weighted by molar-refractivity contribution is 5.70. The number of esters is 2. The van der Waals surface area contributed by atoms with Crippen molar-refractivity contribution in [1.29, 1.82) is 0 Å². The second kappa shape index (κ2) is 48.7. The third-order valence-corrected chi connectivity index (χ3v) is 11.5. The second-order valence-corrected chi connectivity index (χ2v) is 17.3. The van der Waals surface area contributed by atoms with Crippen LogP contribution in [0.3, 0.4) is 0 Å². The Morgan fingerprint density at radius 3 is 1.04 bits per heavy atom. The molecule has 0 saturated carbocycles. The highest BCUT2D eigenvalue weighted by Gasteiger charge is 2.16. The van der Waals surface area contributed by atoms with Crippen LogP contribution in [-0.4, -0.2) is 36.4 Å². The van der Waals surface area contributed by atoms with E-state index in [4.69, 9.17) is 9.47 Å². The fraction of sp³-hybridized carbons (Fsp3) is 0.885. The van der Waals surface area contributed by atoms with Gasteiger partial charge in [0.15, 0.2) is 6.10 Å². The first kappa shape index (κ1) is 55.4. The first-order valence-corrected chi connectivity index (χ1v) is 25.4. The first-order valence-electron chi connectivity index (χ1n) is 25.4. The van der Waals surface area contributed by atoms with E-state index in [0.717, 1.165) is 38.5 Å². The quantitative estimate of drug-likeness (QED) is 0.0377. The molecule has 0 radical (unpaired) electrons. The summed E-state index contributed by atoms with van der Waals surface area (Å²) in [6, 6.07) is 0. The lowest BCUT2D eigenvalue weighted by atomic mass is 10.0. The molecule has 0 aromatic carbocycles. The summed E-state index contributed by atoms with van der Waals surface area (Å²) in [6.45, 7) is 4.17. The zero-order valence-electron chi connectivity index (χ0n) is 38.4. The van der Waals surface area contributed by atoms with Gasteiger partial charge in [-0.15, -0.1) is 0 Å². The molecular formula is C52H98O5. The Hall–Kier alpha value is -1.62. The third-order valence-electron chi connectivity index (χ3n) is 11.5. The van der Waals surface area contributed by atoms with Crippen molar-refractivity contribution in [3.8, 4) is 0 Å². The van der Waals surface area contributed by atoms with Gasteiger partial charge in [0.05, 0.1) is 6.61 Å². The lowest BCUT2D eigenvalue weighted by molar-refractivity contribution is -0.161. The van der Waals surface area contributed by atoms with Crippen LogP contribution in [0.1, 0.15) is 277 Å². The lowest BCUT2D eigenvalue weighted by Crippen LogP contribution is -2.28. The minimum absolute atomic E-state index is 0.0602. The monoisotopic (exact) mass is 803 g/mol. The number of carbonyl (C=O) groups is 2. The molecule has 5 nitrogen and oxygen atoms in total. The van der Waals surface area contributed by atoms with Crippen LogP contribution >= 0.6 is 0 Å². The molecule has 0 aliphatic carbocycles. The van der Waals surface area contributed by atoms with E-state index < -0.39 is 6.10 Å². The van der Waals surface area contributed by atoms with E-state index in [1.807, 2.05) is 0 Å². The van der Waals surface area contributed by atoms with Crippen molar-refractivity contribution in [2.45, 2.75) is 283 Å². The average molecular weight is 803 g/mol. The molecule has 0 spiro atoms. The van der Waals surface area contributed by atoms with Crippen LogP contribution < -0.4 is 0 Å². The summed E-state index contributed by atoms with van der Waals surface area (Å²) in [5.41, 5.74) is 0. The largest absolute Gasteiger partial charge is 0.462 e. The van der Waals surface area contributed by atoms with Gasteiger partial charge in [0.2, 0.25) is 0 Å². The van der Waals surface area contributed by atoms with E-state index in [2.05, 4.69) is 38.2 Å². The Bertz CT molecular complexity index is 867. The Morgan fingerprint density at radius 1 is 0.404 bits per heavy atom. The predicted molar refractivity (Wildman–Crippen MR) is 247 cm³/mol. The van der Waals surface area contributed by atoms with Gasteiger partial charge in [0.25, 0.3) is 0 Å². The summed E-state index contributed by atoms with van der Waals surface area (Å²) >= 11 is 0. The van der Waals surface area contributed by atoms with Gasteiger partial charge in [-0.2, -0.15) is 0 Å². The molecule has 0 aliphatic heterocycles. The number of ether oxygens (including phenoxy) is 2. The number of unbranched alkanes of at least 4 members (excludes halogenated alkanes) is 35. The van der Waals surface area contributed by atoms with Crippen molar-refractivity contribution < 1.29 is 24.2 Å². The number of aliphatic hydroxyl groups is 1. The Kier molecular flexibility index (Phi) is 47.4. The average Bonchev–Trinajstić information content (AvgIpc) is 3.21. The van der Waals surface area contributed by atoms with E-state index in [0.29, 0.717) is 12.8 Å². The molecule has 0 fully saturated rings. The van der Waals surface area contributed by atoms with Crippen LogP contribution in [0.2, 0.25) is 0 Å². The fourth-order valence-electron chi connectivity index (χ4n) is 7.65. The number of allylic oxidation sites excluding steroid dienone is 4. The maximum absolute atomic E-state index is 12.3. The smallest absolute Gasteiger partial charge is 0.306 e. The number of hydrogen-bond donors (Lipinski definition) is 1. The maximum atomic E-state index is 12.3. The maximum Gasteiger partial charge on any atom is 0.306 e. The molecule has 0 aromatic heterocycles. The molecule has 1 N–H and O–H groups in total. The Labute approximate surface area is 355 Å². The van der Waals surface area contributed by atoms with Gasteiger partial charge >= 0.3 is 11.9 Å². The molecule has 5 heteroatoms. The van der Waals surface area contributed by atoms with E-state index in [-0.39, 0.29) is 25.2 Å². The topological polar surface area (TPSA) is 72.8 Å². The van der Waals surface area contributed by atoms with Crippen molar-refractivity contribution in [2.24, 2.45) is 0 Å². The van der Waals surface area contributed by atoms with Crippen molar-refractivity contribution in [3.05, 3.63) is 24.3 Å². The predicted octanol–water partition coefficient (Wildman–Crippen LogP) is 16.6. The summed E-state index contributed by atoms with van der Waals surface area (Å²) in [5, 5.41) is 9.62. The fourth-order valence-corrected chi connectivity index (χ4v) is 7.65. The minimum atomic E-state index is -0.768. The molecule has 1 unspecified atom stereocenters. The minimum Gasteiger partial charge on any atom is -0.462 e. The van der Waals surface area contributed by atoms with Crippen molar-refractivity contribution in [1.82, 2.24) is 0 Å². The van der Waals surface area contributed by atoms with Crippen LogP contribution in [0.25, 0.3) is 0 Å². The normalized spacial score (nSPS) is 12.3. The summed E-state index contributed by atoms with van der Waals surface area (Å²) < 4.78 is 10.7. The van der Waals surface area contributed by atoms with Gasteiger partial charge in [-0.1, -0.05) is 244 Å². The van der Waals surface area contributed by atoms with Crippen molar-refractivity contribution in [2.75, 3.05) is 13.2 Å². The number of hydrogen-bond acceptors (Lipinski definition) is 5. The van der Waals surface area contributed by atoms with E-state index in [9.17, 15) is 14.7 Å². The Balaban J connectivity index is 3.46. The molecule has 0 rings (SSSR count). The van der Waals surface area contributed by atoms with Gasteiger partial charge in [0.1, 0.15) is 6.61 Å². The van der Waals surface area contributed by atoms with E-state index in [1.165, 1.54) is 212 Å². The van der Waals surface area contributed by atoms with Gasteiger partial charge in [-0.25, -0.2) is 0 Å². The molecule has 0 aromatic rings. The Morgan fingerprint density at radius 2 is 0.702 bits per heavy atom. The van der Waals surface area contributed by atoms with Crippen LogP contribution in [-0.2, 0) is 19.1 Å². The number of aliphatic hydroxyl groups excluding tert-OH is 1. The summed E-state index contributed by atoms with van der Waals surface area (Å²) in [7, 11) is 0. The van der Waals surface area contributed by atoms with E-state index >= 15 is 0 Å². The molecule has 0 aliphatic rings. The summed E-state index contributed by atoms with van der Waals surface area (Å²) in [4.78, 5) is 24.4. The highest BCUT2D eigenvalue weighted by Crippen LogP contribution is 2.16. The highest BCUT2D eigenvalue weighted by atomic mass is 16.6. The second-order valence-electron chi connectivity index (χ2n) is 17.3. The number of rotatable bonds is 47. The van der Waals surface area contributed by atoms with Crippen molar-refractivity contribution >= 4 is 11.9 Å². The molecule has 0 heterocycles. The van der Waals surface area contributed by atoms with Gasteiger partial charge in [-0.3, -0.25) is 9.59 Å². The molecular weight excluding hydrogens is 705 g/mol. The van der Waals surface area contributed by atoms with Crippen LogP contribution in [0.5, 0.6) is 0 Å². The summed E-state index contributed by atoms with van der Waals surface area (Å²) in [6.07, 6.45) is 59.8. The molecule has 0 bridgehead atoms.